The molecule has 17 heavy (non-hydrogen) atoms. The van der Waals surface area contributed by atoms with Gasteiger partial charge in [-0.3, -0.25) is 0 Å². The van der Waals surface area contributed by atoms with E-state index in [-0.39, 0.29) is 5.41 Å². The number of aliphatic hydroxyl groups is 1. The minimum atomic E-state index is -0.702. The first-order chi connectivity index (χ1) is 8.05. The van der Waals surface area contributed by atoms with Crippen molar-refractivity contribution in [2.45, 2.75) is 51.0 Å². The summed E-state index contributed by atoms with van der Waals surface area (Å²) in [4.78, 5) is 0. The van der Waals surface area contributed by atoms with Crippen molar-refractivity contribution in [1.82, 2.24) is 0 Å². The van der Waals surface area contributed by atoms with Crippen LogP contribution in [0.15, 0.2) is 18.2 Å². The monoisotopic (exact) mass is 231 g/mol. The van der Waals surface area contributed by atoms with Crippen molar-refractivity contribution in [3.63, 3.8) is 0 Å². The SMILES string of the molecule is CC1(O)c2cc(N)ccc2CCC12CCCC2. The predicted molar refractivity (Wildman–Crippen MR) is 69.6 cm³/mol. The van der Waals surface area contributed by atoms with Crippen molar-refractivity contribution >= 4 is 5.69 Å². The number of aryl methyl sites for hydroxylation is 1. The van der Waals surface area contributed by atoms with Gasteiger partial charge in [-0.1, -0.05) is 18.9 Å². The molecule has 1 atom stereocenters. The number of nitrogens with two attached hydrogens (primary N) is 1. The average molecular weight is 231 g/mol. The van der Waals surface area contributed by atoms with Gasteiger partial charge in [0.25, 0.3) is 0 Å². The standard InChI is InChI=1S/C15H21NO/c1-14(17)13-10-12(16)5-4-11(13)6-9-15(14)7-2-3-8-15/h4-5,10,17H,2-3,6-9,16H2,1H3. The third-order valence-electron chi connectivity index (χ3n) is 5.12. The van der Waals surface area contributed by atoms with E-state index < -0.39 is 5.60 Å². The second-order valence-electron chi connectivity index (χ2n) is 5.98. The normalized spacial score (nSPS) is 30.5. The number of benzene rings is 1. The molecule has 2 heteroatoms. The fourth-order valence-electron chi connectivity index (χ4n) is 3.96. The first kappa shape index (κ1) is 11.1. The number of fused-ring (bicyclic) bond motifs is 1. The van der Waals surface area contributed by atoms with Crippen LogP contribution in [0.2, 0.25) is 0 Å². The van der Waals surface area contributed by atoms with Gasteiger partial charge in [0.1, 0.15) is 0 Å². The van der Waals surface area contributed by atoms with E-state index in [1.165, 1.54) is 18.4 Å². The Hall–Kier alpha value is -1.02. The molecule has 92 valence electrons. The Bertz CT molecular complexity index is 444. The van der Waals surface area contributed by atoms with Crippen LogP contribution in [0.3, 0.4) is 0 Å². The van der Waals surface area contributed by atoms with Crippen molar-refractivity contribution < 1.29 is 5.11 Å². The fraction of sp³-hybridized carbons (Fsp3) is 0.600. The zero-order chi connectivity index (χ0) is 12.1. The Morgan fingerprint density at radius 1 is 1.18 bits per heavy atom. The number of nitrogen functional groups attached to an aromatic ring is 1. The first-order valence-electron chi connectivity index (χ1n) is 6.66. The predicted octanol–water partition coefficient (Wildman–Crippen LogP) is 2.98. The quantitative estimate of drug-likeness (QED) is 0.674. The van der Waals surface area contributed by atoms with Crippen LogP contribution >= 0.6 is 0 Å². The van der Waals surface area contributed by atoms with E-state index in [0.717, 1.165) is 36.9 Å². The highest BCUT2D eigenvalue weighted by Crippen LogP contribution is 2.57. The molecule has 1 aromatic carbocycles. The van der Waals surface area contributed by atoms with Gasteiger partial charge in [-0.15, -0.1) is 0 Å². The minimum Gasteiger partial charge on any atom is -0.399 e. The molecule has 1 saturated carbocycles. The molecule has 0 heterocycles. The number of anilines is 1. The Morgan fingerprint density at radius 3 is 2.59 bits per heavy atom. The molecular formula is C15H21NO. The Labute approximate surface area is 103 Å². The van der Waals surface area contributed by atoms with Gasteiger partial charge in [0.2, 0.25) is 0 Å². The molecule has 2 aliphatic rings. The molecule has 0 amide bonds. The maximum absolute atomic E-state index is 11.0. The third-order valence-corrected chi connectivity index (χ3v) is 5.12. The molecule has 0 radical (unpaired) electrons. The van der Waals surface area contributed by atoms with Gasteiger partial charge in [0, 0.05) is 11.1 Å². The average Bonchev–Trinajstić information content (AvgIpc) is 2.76. The van der Waals surface area contributed by atoms with Crippen molar-refractivity contribution in [1.29, 1.82) is 0 Å². The van der Waals surface area contributed by atoms with Crippen LogP contribution in [0.4, 0.5) is 5.69 Å². The van der Waals surface area contributed by atoms with Crippen molar-refractivity contribution in [2.75, 3.05) is 5.73 Å². The third kappa shape index (κ3) is 1.43. The summed E-state index contributed by atoms with van der Waals surface area (Å²) in [6.07, 6.45) is 7.05. The summed E-state index contributed by atoms with van der Waals surface area (Å²) in [5, 5.41) is 11.0. The van der Waals surface area contributed by atoms with Gasteiger partial charge < -0.3 is 10.8 Å². The summed E-state index contributed by atoms with van der Waals surface area (Å²) >= 11 is 0. The number of rotatable bonds is 0. The maximum Gasteiger partial charge on any atom is 0.0927 e. The molecule has 2 aliphatic carbocycles. The van der Waals surface area contributed by atoms with Gasteiger partial charge in [-0.25, -0.2) is 0 Å². The van der Waals surface area contributed by atoms with Crippen LogP contribution in [0, 0.1) is 5.41 Å². The molecule has 1 fully saturated rings. The maximum atomic E-state index is 11.0. The van der Waals surface area contributed by atoms with Crippen LogP contribution in [-0.2, 0) is 12.0 Å². The molecule has 3 rings (SSSR count). The highest BCUT2D eigenvalue weighted by Gasteiger charge is 2.52. The van der Waals surface area contributed by atoms with Crippen LogP contribution in [-0.4, -0.2) is 5.11 Å². The molecule has 0 aliphatic heterocycles. The Morgan fingerprint density at radius 2 is 1.88 bits per heavy atom. The fourth-order valence-corrected chi connectivity index (χ4v) is 3.96. The van der Waals surface area contributed by atoms with E-state index >= 15 is 0 Å². The molecule has 2 nitrogen and oxygen atoms in total. The molecule has 0 aromatic heterocycles. The summed E-state index contributed by atoms with van der Waals surface area (Å²) in [5.74, 6) is 0. The Balaban J connectivity index is 2.13. The molecular weight excluding hydrogens is 210 g/mol. The highest BCUT2D eigenvalue weighted by atomic mass is 16.3. The van der Waals surface area contributed by atoms with Crippen molar-refractivity contribution in [3.8, 4) is 0 Å². The summed E-state index contributed by atoms with van der Waals surface area (Å²) in [6.45, 7) is 2.00. The minimum absolute atomic E-state index is 0.105. The van der Waals surface area contributed by atoms with Gasteiger partial charge in [-0.05, 0) is 55.9 Å². The van der Waals surface area contributed by atoms with Gasteiger partial charge >= 0.3 is 0 Å². The number of hydrogen-bond acceptors (Lipinski definition) is 2. The van der Waals surface area contributed by atoms with E-state index in [4.69, 9.17) is 5.73 Å². The molecule has 1 unspecified atom stereocenters. The molecule has 0 bridgehead atoms. The van der Waals surface area contributed by atoms with Gasteiger partial charge in [0.15, 0.2) is 0 Å². The van der Waals surface area contributed by atoms with E-state index in [1.807, 2.05) is 19.1 Å². The zero-order valence-electron chi connectivity index (χ0n) is 10.5. The Kier molecular flexibility index (Phi) is 2.27. The van der Waals surface area contributed by atoms with E-state index in [9.17, 15) is 5.11 Å². The van der Waals surface area contributed by atoms with E-state index in [2.05, 4.69) is 6.07 Å². The van der Waals surface area contributed by atoms with Crippen LogP contribution in [0.5, 0.6) is 0 Å². The smallest absolute Gasteiger partial charge is 0.0927 e. The second-order valence-corrected chi connectivity index (χ2v) is 5.98. The summed E-state index contributed by atoms with van der Waals surface area (Å²) in [6, 6.07) is 6.01. The van der Waals surface area contributed by atoms with Crippen LogP contribution in [0.25, 0.3) is 0 Å². The summed E-state index contributed by atoms with van der Waals surface area (Å²) < 4.78 is 0. The van der Waals surface area contributed by atoms with E-state index in [0.29, 0.717) is 0 Å². The summed E-state index contributed by atoms with van der Waals surface area (Å²) in [7, 11) is 0. The van der Waals surface area contributed by atoms with Gasteiger partial charge in [-0.2, -0.15) is 0 Å². The van der Waals surface area contributed by atoms with Crippen LogP contribution in [0.1, 0.15) is 50.2 Å². The van der Waals surface area contributed by atoms with Crippen LogP contribution < -0.4 is 5.73 Å². The second kappa shape index (κ2) is 3.49. The lowest BCUT2D eigenvalue weighted by molar-refractivity contribution is -0.0870. The lowest BCUT2D eigenvalue weighted by Crippen LogP contribution is -2.45. The zero-order valence-corrected chi connectivity index (χ0v) is 10.5. The summed E-state index contributed by atoms with van der Waals surface area (Å²) in [5.41, 5.74) is 8.40. The topological polar surface area (TPSA) is 46.2 Å². The first-order valence-corrected chi connectivity index (χ1v) is 6.66. The number of hydrogen-bond donors (Lipinski definition) is 2. The van der Waals surface area contributed by atoms with Gasteiger partial charge in [0.05, 0.1) is 5.60 Å². The molecule has 0 saturated heterocycles. The van der Waals surface area contributed by atoms with Crippen molar-refractivity contribution in [3.05, 3.63) is 29.3 Å². The lowest BCUT2D eigenvalue weighted by atomic mass is 9.60. The van der Waals surface area contributed by atoms with E-state index in [1.54, 1.807) is 0 Å². The largest absolute Gasteiger partial charge is 0.399 e. The van der Waals surface area contributed by atoms with Crippen molar-refractivity contribution in [2.24, 2.45) is 5.41 Å². The lowest BCUT2D eigenvalue weighted by Gasteiger charge is -2.48. The molecule has 3 N–H and O–H groups in total. The molecule has 1 spiro atoms. The highest BCUT2D eigenvalue weighted by molar-refractivity contribution is 5.49. The molecule has 1 aromatic rings.